The maximum absolute atomic E-state index is 13.0. The van der Waals surface area contributed by atoms with Crippen molar-refractivity contribution in [2.24, 2.45) is 0 Å². The smallest absolute Gasteiger partial charge is 0.194 e. The zero-order valence-electron chi connectivity index (χ0n) is 10.5. The number of halogens is 3. The molecule has 0 saturated heterocycles. The Morgan fingerprint density at radius 1 is 0.950 bits per heavy atom. The summed E-state index contributed by atoms with van der Waals surface area (Å²) in [5, 5.41) is 9.58. The maximum atomic E-state index is 13.0. The van der Waals surface area contributed by atoms with Crippen molar-refractivity contribution in [1.29, 1.82) is 0 Å². The Kier molecular flexibility index (Phi) is 3.98. The minimum absolute atomic E-state index is 0.0499. The Morgan fingerprint density at radius 2 is 1.55 bits per heavy atom. The van der Waals surface area contributed by atoms with Gasteiger partial charge in [0.1, 0.15) is 0 Å². The predicted molar refractivity (Wildman–Crippen MR) is 69.9 cm³/mol. The van der Waals surface area contributed by atoms with E-state index in [0.717, 1.165) is 12.1 Å². The van der Waals surface area contributed by atoms with Gasteiger partial charge >= 0.3 is 0 Å². The Morgan fingerprint density at radius 3 is 2.10 bits per heavy atom. The molecule has 20 heavy (non-hydrogen) atoms. The molecule has 0 heterocycles. The third-order valence-electron chi connectivity index (χ3n) is 2.68. The van der Waals surface area contributed by atoms with E-state index in [1.54, 1.807) is 12.1 Å². The highest BCUT2D eigenvalue weighted by molar-refractivity contribution is 5.70. The Hall–Kier alpha value is -2.43. The number of phenolic OH excluding ortho intramolecular Hbond substituents is 1. The monoisotopic (exact) mass is 280 g/mol. The summed E-state index contributed by atoms with van der Waals surface area (Å²) in [5.41, 5.74) is 0.783. The second kappa shape index (κ2) is 5.69. The zero-order valence-corrected chi connectivity index (χ0v) is 10.5. The Balaban J connectivity index is 2.27. The summed E-state index contributed by atoms with van der Waals surface area (Å²) in [7, 11) is 1.43. The van der Waals surface area contributed by atoms with Crippen molar-refractivity contribution >= 4 is 12.2 Å². The third kappa shape index (κ3) is 2.93. The Bertz CT molecular complexity index is 643. The van der Waals surface area contributed by atoms with Crippen molar-refractivity contribution in [2.45, 2.75) is 0 Å². The molecule has 2 nitrogen and oxygen atoms in total. The summed E-state index contributed by atoms with van der Waals surface area (Å²) >= 11 is 0. The van der Waals surface area contributed by atoms with Crippen molar-refractivity contribution in [1.82, 2.24) is 0 Å². The quantitative estimate of drug-likeness (QED) is 0.680. The second-order valence-corrected chi connectivity index (χ2v) is 4.06. The van der Waals surface area contributed by atoms with Gasteiger partial charge in [-0.15, -0.1) is 0 Å². The van der Waals surface area contributed by atoms with Crippen LogP contribution in [-0.4, -0.2) is 12.2 Å². The molecule has 0 unspecified atom stereocenters. The van der Waals surface area contributed by atoms with Crippen molar-refractivity contribution in [3.8, 4) is 11.5 Å². The van der Waals surface area contributed by atoms with Crippen LogP contribution in [0.4, 0.5) is 13.2 Å². The molecule has 2 aromatic carbocycles. The lowest BCUT2D eigenvalue weighted by atomic mass is 10.1. The highest BCUT2D eigenvalue weighted by atomic mass is 19.2. The van der Waals surface area contributed by atoms with Gasteiger partial charge in [-0.2, -0.15) is 0 Å². The van der Waals surface area contributed by atoms with Crippen LogP contribution in [0.25, 0.3) is 12.2 Å². The lowest BCUT2D eigenvalue weighted by molar-refractivity contribution is 0.373. The van der Waals surface area contributed by atoms with E-state index in [0.29, 0.717) is 11.3 Å². The molecule has 0 radical (unpaired) electrons. The van der Waals surface area contributed by atoms with Gasteiger partial charge in [0.05, 0.1) is 7.11 Å². The van der Waals surface area contributed by atoms with E-state index in [1.165, 1.54) is 25.3 Å². The first-order chi connectivity index (χ1) is 9.51. The zero-order chi connectivity index (χ0) is 14.7. The molecule has 0 saturated carbocycles. The van der Waals surface area contributed by atoms with Crippen LogP contribution in [0.2, 0.25) is 0 Å². The van der Waals surface area contributed by atoms with Gasteiger partial charge in [0.25, 0.3) is 0 Å². The molecule has 0 aliphatic carbocycles. The molecule has 0 aliphatic rings. The average Bonchev–Trinajstić information content (AvgIpc) is 2.42. The van der Waals surface area contributed by atoms with Crippen LogP contribution in [0, 0.1) is 17.5 Å². The van der Waals surface area contributed by atoms with Crippen LogP contribution in [0.1, 0.15) is 11.1 Å². The summed E-state index contributed by atoms with van der Waals surface area (Å²) in [6.45, 7) is 0. The highest BCUT2D eigenvalue weighted by Crippen LogP contribution is 2.27. The number of methoxy groups -OCH3 is 1. The summed E-state index contributed by atoms with van der Waals surface area (Å²) in [6, 6.07) is 6.42. The molecular formula is C15H11F3O2. The average molecular weight is 280 g/mol. The van der Waals surface area contributed by atoms with E-state index in [4.69, 9.17) is 4.74 Å². The molecule has 0 aliphatic heterocycles. The van der Waals surface area contributed by atoms with Crippen LogP contribution in [-0.2, 0) is 0 Å². The van der Waals surface area contributed by atoms with E-state index in [1.807, 2.05) is 0 Å². The van der Waals surface area contributed by atoms with Gasteiger partial charge in [0.2, 0.25) is 0 Å². The normalized spacial score (nSPS) is 11.0. The van der Waals surface area contributed by atoms with Gasteiger partial charge < -0.3 is 9.84 Å². The number of aromatic hydroxyl groups is 1. The van der Waals surface area contributed by atoms with E-state index in [9.17, 15) is 18.3 Å². The van der Waals surface area contributed by atoms with Crippen LogP contribution < -0.4 is 4.74 Å². The molecule has 0 fully saturated rings. The maximum Gasteiger partial charge on any atom is 0.194 e. The van der Waals surface area contributed by atoms with Gasteiger partial charge in [-0.3, -0.25) is 0 Å². The molecule has 0 atom stereocenters. The molecule has 2 rings (SSSR count). The molecule has 1 N–H and O–H groups in total. The van der Waals surface area contributed by atoms with Crippen molar-refractivity contribution in [2.75, 3.05) is 7.11 Å². The third-order valence-corrected chi connectivity index (χ3v) is 2.68. The SMILES string of the molecule is COc1ccc(/C=C/c2cc(F)c(F)c(F)c2)cc1O. The fourth-order valence-electron chi connectivity index (χ4n) is 1.67. The van der Waals surface area contributed by atoms with Gasteiger partial charge in [-0.25, -0.2) is 13.2 Å². The van der Waals surface area contributed by atoms with Crippen LogP contribution in [0.3, 0.4) is 0 Å². The van der Waals surface area contributed by atoms with Crippen LogP contribution in [0.15, 0.2) is 30.3 Å². The molecule has 0 bridgehead atoms. The van der Waals surface area contributed by atoms with Crippen molar-refractivity contribution < 1.29 is 23.0 Å². The fourth-order valence-corrected chi connectivity index (χ4v) is 1.67. The largest absolute Gasteiger partial charge is 0.504 e. The van der Waals surface area contributed by atoms with E-state index >= 15 is 0 Å². The molecular weight excluding hydrogens is 269 g/mol. The van der Waals surface area contributed by atoms with Gasteiger partial charge in [-0.1, -0.05) is 18.2 Å². The van der Waals surface area contributed by atoms with E-state index in [2.05, 4.69) is 0 Å². The van der Waals surface area contributed by atoms with Crippen molar-refractivity contribution in [3.63, 3.8) is 0 Å². The fraction of sp³-hybridized carbons (Fsp3) is 0.0667. The molecule has 5 heteroatoms. The van der Waals surface area contributed by atoms with Gasteiger partial charge in [0, 0.05) is 0 Å². The molecule has 0 spiro atoms. The first-order valence-corrected chi connectivity index (χ1v) is 5.71. The number of rotatable bonds is 3. The first-order valence-electron chi connectivity index (χ1n) is 5.71. The number of hydrogen-bond acceptors (Lipinski definition) is 2. The summed E-state index contributed by atoms with van der Waals surface area (Å²) in [5.74, 6) is -3.72. The minimum Gasteiger partial charge on any atom is -0.504 e. The van der Waals surface area contributed by atoms with E-state index < -0.39 is 17.5 Å². The van der Waals surface area contributed by atoms with Crippen LogP contribution >= 0.6 is 0 Å². The van der Waals surface area contributed by atoms with Crippen molar-refractivity contribution in [3.05, 3.63) is 58.9 Å². The van der Waals surface area contributed by atoms with Crippen LogP contribution in [0.5, 0.6) is 11.5 Å². The molecule has 0 amide bonds. The number of ether oxygens (including phenoxy) is 1. The highest BCUT2D eigenvalue weighted by Gasteiger charge is 2.09. The molecule has 104 valence electrons. The predicted octanol–water partition coefficient (Wildman–Crippen LogP) is 3.99. The Labute approximate surface area is 113 Å². The minimum atomic E-state index is -1.50. The summed E-state index contributed by atoms with van der Waals surface area (Å²) in [4.78, 5) is 0. The molecule has 0 aromatic heterocycles. The number of phenols is 1. The molecule has 2 aromatic rings. The standard InChI is InChI=1S/C15H11F3O2/c1-20-14-5-4-9(8-13(14)19)2-3-10-6-11(16)15(18)12(17)7-10/h2-8,19H,1H3/b3-2+. The lowest BCUT2D eigenvalue weighted by Gasteiger charge is -2.03. The first kappa shape index (κ1) is 14.0. The van der Waals surface area contributed by atoms with Gasteiger partial charge in [-0.05, 0) is 35.4 Å². The van der Waals surface area contributed by atoms with Gasteiger partial charge in [0.15, 0.2) is 29.0 Å². The summed E-state index contributed by atoms with van der Waals surface area (Å²) < 4.78 is 43.7. The number of hydrogen-bond donors (Lipinski definition) is 1. The van der Waals surface area contributed by atoms with E-state index in [-0.39, 0.29) is 11.3 Å². The second-order valence-electron chi connectivity index (χ2n) is 4.06. The summed E-state index contributed by atoms with van der Waals surface area (Å²) in [6.07, 6.45) is 2.94. The lowest BCUT2D eigenvalue weighted by Crippen LogP contribution is -1.91. The number of benzene rings is 2. The topological polar surface area (TPSA) is 29.5 Å².